The summed E-state index contributed by atoms with van der Waals surface area (Å²) < 4.78 is 1.03. The van der Waals surface area contributed by atoms with Gasteiger partial charge < -0.3 is 0 Å². The van der Waals surface area contributed by atoms with E-state index in [1.807, 2.05) is 73.7 Å². The van der Waals surface area contributed by atoms with E-state index in [-0.39, 0.29) is 5.91 Å². The number of nitrogens with zero attached hydrogens (tertiary/aromatic N) is 1. The van der Waals surface area contributed by atoms with Crippen LogP contribution in [0.25, 0.3) is 10.8 Å². The first-order chi connectivity index (χ1) is 12.2. The number of amides is 1. The maximum Gasteiger partial charge on any atom is 0.244 e. The van der Waals surface area contributed by atoms with Crippen molar-refractivity contribution < 1.29 is 4.79 Å². The van der Waals surface area contributed by atoms with Crippen LogP contribution >= 0.6 is 15.9 Å². The molecule has 0 aromatic heterocycles. The Morgan fingerprint density at radius 2 is 1.64 bits per heavy atom. The first kappa shape index (κ1) is 17.4. The molecule has 25 heavy (non-hydrogen) atoms. The van der Waals surface area contributed by atoms with Gasteiger partial charge in [0.25, 0.3) is 0 Å². The van der Waals surface area contributed by atoms with Crippen LogP contribution < -0.4 is 5.43 Å². The van der Waals surface area contributed by atoms with Crippen LogP contribution in [0.3, 0.4) is 0 Å². The van der Waals surface area contributed by atoms with E-state index in [0.29, 0.717) is 6.42 Å². The number of rotatable bonds is 5. The molecule has 4 heteroatoms. The summed E-state index contributed by atoms with van der Waals surface area (Å²) in [6.07, 6.45) is 1.05. The zero-order valence-corrected chi connectivity index (χ0v) is 15.6. The third-order valence-electron chi connectivity index (χ3n) is 4.07. The Kier molecular flexibility index (Phi) is 5.61. The standard InChI is InChI=1S/C21H19BrN2O/c1-2-20(15-8-4-3-5-9-15)23-24-21(25)14-16-12-13-19(22)18-11-7-6-10-17(16)18/h3-13H,2,14H2,1H3,(H,24,25)/b23-20+. The largest absolute Gasteiger partial charge is 0.273 e. The minimum absolute atomic E-state index is 0.116. The molecule has 0 aliphatic heterocycles. The van der Waals surface area contributed by atoms with Crippen molar-refractivity contribution in [3.8, 4) is 0 Å². The highest BCUT2D eigenvalue weighted by Gasteiger charge is 2.09. The molecule has 0 unspecified atom stereocenters. The van der Waals surface area contributed by atoms with E-state index in [9.17, 15) is 4.79 Å². The molecule has 126 valence electrons. The molecule has 3 aromatic carbocycles. The van der Waals surface area contributed by atoms with Crippen LogP contribution in [0, 0.1) is 0 Å². The highest BCUT2D eigenvalue weighted by molar-refractivity contribution is 9.10. The normalized spacial score (nSPS) is 11.5. The first-order valence-corrected chi connectivity index (χ1v) is 9.05. The fourth-order valence-corrected chi connectivity index (χ4v) is 3.28. The van der Waals surface area contributed by atoms with E-state index in [4.69, 9.17) is 0 Å². The quantitative estimate of drug-likeness (QED) is 0.475. The number of carbonyl (C=O) groups is 1. The van der Waals surface area contributed by atoms with Crippen LogP contribution in [0.15, 0.2) is 76.3 Å². The second kappa shape index (κ2) is 8.08. The van der Waals surface area contributed by atoms with Gasteiger partial charge in [-0.2, -0.15) is 5.10 Å². The van der Waals surface area contributed by atoms with Gasteiger partial charge in [0.15, 0.2) is 0 Å². The van der Waals surface area contributed by atoms with Gasteiger partial charge >= 0.3 is 0 Å². The van der Waals surface area contributed by atoms with Crippen molar-refractivity contribution in [1.82, 2.24) is 5.43 Å². The summed E-state index contributed by atoms with van der Waals surface area (Å²) in [7, 11) is 0. The Bertz CT molecular complexity index is 920. The minimum Gasteiger partial charge on any atom is -0.273 e. The maximum atomic E-state index is 12.4. The van der Waals surface area contributed by atoms with Crippen molar-refractivity contribution in [2.45, 2.75) is 19.8 Å². The third-order valence-corrected chi connectivity index (χ3v) is 4.76. The zero-order chi connectivity index (χ0) is 17.6. The summed E-state index contributed by atoms with van der Waals surface area (Å²) in [5.74, 6) is -0.116. The van der Waals surface area contributed by atoms with Crippen molar-refractivity contribution in [2.75, 3.05) is 0 Å². The van der Waals surface area contributed by atoms with Gasteiger partial charge in [-0.1, -0.05) is 83.5 Å². The molecule has 0 radical (unpaired) electrons. The number of carbonyl (C=O) groups excluding carboxylic acids is 1. The second-order valence-corrected chi connectivity index (χ2v) is 6.60. The van der Waals surface area contributed by atoms with Gasteiger partial charge in [-0.05, 0) is 34.4 Å². The molecular weight excluding hydrogens is 376 g/mol. The number of hydrogen-bond acceptors (Lipinski definition) is 2. The molecule has 1 amide bonds. The predicted molar refractivity (Wildman–Crippen MR) is 107 cm³/mol. The SMILES string of the molecule is CC/C(=N\NC(=O)Cc1ccc(Br)c2ccccc12)c1ccccc1. The highest BCUT2D eigenvalue weighted by Crippen LogP contribution is 2.27. The van der Waals surface area contributed by atoms with Gasteiger partial charge in [0.2, 0.25) is 5.91 Å². The van der Waals surface area contributed by atoms with Crippen molar-refractivity contribution >= 4 is 38.3 Å². The molecule has 3 nitrogen and oxygen atoms in total. The Labute approximate surface area is 155 Å². The summed E-state index contributed by atoms with van der Waals surface area (Å²) in [5.41, 5.74) is 5.58. The number of fused-ring (bicyclic) bond motifs is 1. The van der Waals surface area contributed by atoms with Crippen LogP contribution in [-0.2, 0) is 11.2 Å². The molecule has 0 aliphatic rings. The fourth-order valence-electron chi connectivity index (χ4n) is 2.80. The molecule has 0 heterocycles. The average molecular weight is 395 g/mol. The van der Waals surface area contributed by atoms with E-state index in [1.165, 1.54) is 0 Å². The van der Waals surface area contributed by atoms with Gasteiger partial charge in [0, 0.05) is 4.47 Å². The van der Waals surface area contributed by atoms with Crippen molar-refractivity contribution in [2.24, 2.45) is 5.10 Å². The molecule has 3 aromatic rings. The fraction of sp³-hybridized carbons (Fsp3) is 0.143. The van der Waals surface area contributed by atoms with Crippen LogP contribution in [0.5, 0.6) is 0 Å². The Hall–Kier alpha value is -2.46. The maximum absolute atomic E-state index is 12.4. The second-order valence-electron chi connectivity index (χ2n) is 5.74. The lowest BCUT2D eigenvalue weighted by Crippen LogP contribution is -2.22. The summed E-state index contributed by atoms with van der Waals surface area (Å²) in [6, 6.07) is 21.9. The number of hydrazone groups is 1. The van der Waals surface area contributed by atoms with Crippen LogP contribution in [0.1, 0.15) is 24.5 Å². The molecule has 0 atom stereocenters. The number of nitrogens with one attached hydrogen (secondary N) is 1. The third kappa shape index (κ3) is 4.15. The molecule has 0 saturated heterocycles. The Balaban J connectivity index is 1.77. The average Bonchev–Trinajstić information content (AvgIpc) is 2.66. The van der Waals surface area contributed by atoms with E-state index in [0.717, 1.165) is 38.5 Å². The van der Waals surface area contributed by atoms with Gasteiger partial charge in [0.05, 0.1) is 12.1 Å². The van der Waals surface area contributed by atoms with E-state index in [1.54, 1.807) is 0 Å². The highest BCUT2D eigenvalue weighted by atomic mass is 79.9. The first-order valence-electron chi connectivity index (χ1n) is 8.26. The van der Waals surface area contributed by atoms with Crippen molar-refractivity contribution in [3.05, 3.63) is 82.3 Å². The molecule has 3 rings (SSSR count). The molecule has 0 fully saturated rings. The van der Waals surface area contributed by atoms with Gasteiger partial charge in [-0.3, -0.25) is 4.79 Å². The molecule has 0 saturated carbocycles. The lowest BCUT2D eigenvalue weighted by molar-refractivity contribution is -0.120. The lowest BCUT2D eigenvalue weighted by atomic mass is 10.0. The van der Waals surface area contributed by atoms with Gasteiger partial charge in [-0.25, -0.2) is 5.43 Å². The summed E-state index contributed by atoms with van der Waals surface area (Å²) in [6.45, 7) is 2.03. The van der Waals surface area contributed by atoms with Gasteiger partial charge in [0.1, 0.15) is 0 Å². The summed E-state index contributed by atoms with van der Waals surface area (Å²) >= 11 is 3.56. The molecule has 0 bridgehead atoms. The number of hydrogen-bond donors (Lipinski definition) is 1. The van der Waals surface area contributed by atoms with E-state index >= 15 is 0 Å². The Morgan fingerprint density at radius 1 is 0.960 bits per heavy atom. The molecule has 0 aliphatic carbocycles. The molecule has 1 N–H and O–H groups in total. The predicted octanol–water partition coefficient (Wildman–Crippen LogP) is 5.08. The number of halogens is 1. The lowest BCUT2D eigenvalue weighted by Gasteiger charge is -2.08. The molecular formula is C21H19BrN2O. The van der Waals surface area contributed by atoms with E-state index in [2.05, 4.69) is 26.5 Å². The monoisotopic (exact) mass is 394 g/mol. The minimum atomic E-state index is -0.116. The summed E-state index contributed by atoms with van der Waals surface area (Å²) in [4.78, 5) is 12.4. The molecule has 0 spiro atoms. The van der Waals surface area contributed by atoms with Crippen LogP contribution in [0.2, 0.25) is 0 Å². The van der Waals surface area contributed by atoms with Crippen LogP contribution in [-0.4, -0.2) is 11.6 Å². The van der Waals surface area contributed by atoms with Crippen LogP contribution in [0.4, 0.5) is 0 Å². The smallest absolute Gasteiger partial charge is 0.244 e. The van der Waals surface area contributed by atoms with E-state index < -0.39 is 0 Å². The van der Waals surface area contributed by atoms with Gasteiger partial charge in [-0.15, -0.1) is 0 Å². The zero-order valence-electron chi connectivity index (χ0n) is 14.0. The topological polar surface area (TPSA) is 41.5 Å². The van der Waals surface area contributed by atoms with Crippen molar-refractivity contribution in [3.63, 3.8) is 0 Å². The number of benzene rings is 3. The summed E-state index contributed by atoms with van der Waals surface area (Å²) in [5, 5.41) is 6.50. The van der Waals surface area contributed by atoms with Crippen molar-refractivity contribution in [1.29, 1.82) is 0 Å². The Morgan fingerprint density at radius 3 is 2.36 bits per heavy atom.